The van der Waals surface area contributed by atoms with Crippen molar-refractivity contribution in [1.29, 1.82) is 0 Å². The number of ether oxygens (including phenoxy) is 1. The maximum Gasteiger partial charge on any atom is 0.305 e. The first-order valence-electron chi connectivity index (χ1n) is 7.27. The smallest absolute Gasteiger partial charge is 0.305 e. The van der Waals surface area contributed by atoms with Crippen molar-refractivity contribution in [3.05, 3.63) is 30.3 Å². The zero-order valence-corrected chi connectivity index (χ0v) is 11.9. The molecule has 0 aromatic heterocycles. The Morgan fingerprint density at radius 2 is 1.84 bits per heavy atom. The van der Waals surface area contributed by atoms with E-state index in [1.807, 2.05) is 30.3 Å². The van der Waals surface area contributed by atoms with Gasteiger partial charge in [0, 0.05) is 18.7 Å². The highest BCUT2D eigenvalue weighted by Gasteiger charge is 2.01. The molecule has 0 fully saturated rings. The molecule has 0 aliphatic rings. The molecule has 1 aromatic rings. The lowest BCUT2D eigenvalue weighted by Crippen LogP contribution is -2.13. The number of esters is 1. The summed E-state index contributed by atoms with van der Waals surface area (Å²) in [5, 5.41) is 3.21. The van der Waals surface area contributed by atoms with Crippen molar-refractivity contribution in [2.45, 2.75) is 45.4 Å². The molecule has 0 radical (unpaired) electrons. The van der Waals surface area contributed by atoms with Gasteiger partial charge in [-0.1, -0.05) is 50.8 Å². The first kappa shape index (κ1) is 15.5. The molecule has 0 spiro atoms. The number of rotatable bonds is 10. The normalized spacial score (nSPS) is 10.2. The Morgan fingerprint density at radius 1 is 1.11 bits per heavy atom. The molecule has 0 saturated heterocycles. The minimum Gasteiger partial charge on any atom is -0.464 e. The molecule has 0 heterocycles. The number of hydrogen-bond donors (Lipinski definition) is 1. The average Bonchev–Trinajstić information content (AvgIpc) is 2.44. The van der Waals surface area contributed by atoms with Gasteiger partial charge in [0.1, 0.15) is 6.61 Å². The van der Waals surface area contributed by atoms with Crippen molar-refractivity contribution >= 4 is 11.7 Å². The molecule has 0 aliphatic heterocycles. The van der Waals surface area contributed by atoms with Crippen LogP contribution in [0.1, 0.15) is 45.4 Å². The van der Waals surface area contributed by atoms with Gasteiger partial charge in [-0.2, -0.15) is 0 Å². The van der Waals surface area contributed by atoms with E-state index in [1.54, 1.807) is 0 Å². The first-order chi connectivity index (χ1) is 9.33. The second-order valence-corrected chi connectivity index (χ2v) is 4.68. The van der Waals surface area contributed by atoms with Crippen LogP contribution in [0.5, 0.6) is 0 Å². The maximum absolute atomic E-state index is 11.4. The molecule has 0 bridgehead atoms. The van der Waals surface area contributed by atoms with Crippen LogP contribution in [0.15, 0.2) is 30.3 Å². The summed E-state index contributed by atoms with van der Waals surface area (Å²) in [5.41, 5.74) is 1.05. The second-order valence-electron chi connectivity index (χ2n) is 4.68. The fraction of sp³-hybridized carbons (Fsp3) is 0.562. The molecule has 0 saturated carbocycles. The zero-order valence-electron chi connectivity index (χ0n) is 11.9. The second kappa shape index (κ2) is 10.4. The largest absolute Gasteiger partial charge is 0.464 e. The van der Waals surface area contributed by atoms with Gasteiger partial charge in [-0.05, 0) is 18.6 Å². The molecule has 1 aromatic carbocycles. The molecule has 1 rings (SSSR count). The van der Waals surface area contributed by atoms with Crippen LogP contribution >= 0.6 is 0 Å². The quantitative estimate of drug-likeness (QED) is 0.512. The van der Waals surface area contributed by atoms with E-state index >= 15 is 0 Å². The molecule has 1 N–H and O–H groups in total. The Labute approximate surface area is 116 Å². The predicted octanol–water partition coefficient (Wildman–Crippen LogP) is 4.00. The van der Waals surface area contributed by atoms with Crippen LogP contribution in [0, 0.1) is 0 Å². The standard InChI is InChI=1S/C16H25NO2/c1-2-3-4-5-9-12-16(18)19-14-13-17-15-10-7-6-8-11-15/h6-8,10-11,17H,2-5,9,12-14H2,1H3. The van der Waals surface area contributed by atoms with Crippen LogP contribution in [0.3, 0.4) is 0 Å². The first-order valence-corrected chi connectivity index (χ1v) is 7.27. The summed E-state index contributed by atoms with van der Waals surface area (Å²) in [6.45, 7) is 3.28. The number of para-hydroxylation sites is 1. The molecule has 3 nitrogen and oxygen atoms in total. The summed E-state index contributed by atoms with van der Waals surface area (Å²) < 4.78 is 5.17. The number of benzene rings is 1. The monoisotopic (exact) mass is 263 g/mol. The summed E-state index contributed by atoms with van der Waals surface area (Å²) in [5.74, 6) is -0.0774. The molecule has 106 valence electrons. The van der Waals surface area contributed by atoms with Crippen LogP contribution < -0.4 is 5.32 Å². The van der Waals surface area contributed by atoms with Gasteiger partial charge in [-0.3, -0.25) is 4.79 Å². The SMILES string of the molecule is CCCCCCCC(=O)OCCNc1ccccc1. The summed E-state index contributed by atoms with van der Waals surface area (Å²) in [6, 6.07) is 9.92. The topological polar surface area (TPSA) is 38.3 Å². The van der Waals surface area contributed by atoms with Gasteiger partial charge in [0.05, 0.1) is 0 Å². The Balaban J connectivity index is 1.95. The van der Waals surface area contributed by atoms with Crippen molar-refractivity contribution in [2.24, 2.45) is 0 Å². The average molecular weight is 263 g/mol. The van der Waals surface area contributed by atoms with Gasteiger partial charge in [-0.15, -0.1) is 0 Å². The molecule has 0 aliphatic carbocycles. The Kier molecular flexibility index (Phi) is 8.52. The van der Waals surface area contributed by atoms with Gasteiger partial charge in [0.2, 0.25) is 0 Å². The van der Waals surface area contributed by atoms with E-state index in [1.165, 1.54) is 19.3 Å². The van der Waals surface area contributed by atoms with E-state index < -0.39 is 0 Å². The van der Waals surface area contributed by atoms with Gasteiger partial charge < -0.3 is 10.1 Å². The number of nitrogens with one attached hydrogen (secondary N) is 1. The highest BCUT2D eigenvalue weighted by Crippen LogP contribution is 2.06. The van der Waals surface area contributed by atoms with Crippen LogP contribution in [-0.2, 0) is 9.53 Å². The maximum atomic E-state index is 11.4. The van der Waals surface area contributed by atoms with Crippen LogP contribution in [-0.4, -0.2) is 19.1 Å². The number of carbonyl (C=O) groups excluding carboxylic acids is 1. The number of anilines is 1. The molecule has 19 heavy (non-hydrogen) atoms. The van der Waals surface area contributed by atoms with E-state index in [9.17, 15) is 4.79 Å². The summed E-state index contributed by atoms with van der Waals surface area (Å²) in [6.07, 6.45) is 6.34. The molecular formula is C16H25NO2. The van der Waals surface area contributed by atoms with E-state index in [2.05, 4.69) is 12.2 Å². The number of unbranched alkanes of at least 4 members (excludes halogenated alkanes) is 4. The van der Waals surface area contributed by atoms with E-state index in [0.29, 0.717) is 19.6 Å². The summed E-state index contributed by atoms with van der Waals surface area (Å²) >= 11 is 0. The van der Waals surface area contributed by atoms with Crippen molar-refractivity contribution in [3.8, 4) is 0 Å². The number of carbonyl (C=O) groups is 1. The van der Waals surface area contributed by atoms with Crippen molar-refractivity contribution < 1.29 is 9.53 Å². The van der Waals surface area contributed by atoms with Crippen molar-refractivity contribution in [3.63, 3.8) is 0 Å². The highest BCUT2D eigenvalue weighted by atomic mass is 16.5. The van der Waals surface area contributed by atoms with Crippen LogP contribution in [0.2, 0.25) is 0 Å². The third-order valence-electron chi connectivity index (χ3n) is 2.95. The Hall–Kier alpha value is -1.51. The Bertz CT molecular complexity index is 338. The zero-order chi connectivity index (χ0) is 13.8. The molecule has 0 unspecified atom stereocenters. The van der Waals surface area contributed by atoms with Crippen molar-refractivity contribution in [2.75, 3.05) is 18.5 Å². The van der Waals surface area contributed by atoms with Crippen LogP contribution in [0.4, 0.5) is 5.69 Å². The van der Waals surface area contributed by atoms with Gasteiger partial charge in [0.25, 0.3) is 0 Å². The fourth-order valence-electron chi connectivity index (χ4n) is 1.86. The fourth-order valence-corrected chi connectivity index (χ4v) is 1.86. The predicted molar refractivity (Wildman–Crippen MR) is 79.3 cm³/mol. The molecule has 0 atom stereocenters. The van der Waals surface area contributed by atoms with Gasteiger partial charge >= 0.3 is 5.97 Å². The Morgan fingerprint density at radius 3 is 2.58 bits per heavy atom. The highest BCUT2D eigenvalue weighted by molar-refractivity contribution is 5.69. The minimum absolute atomic E-state index is 0.0774. The van der Waals surface area contributed by atoms with Gasteiger partial charge in [-0.25, -0.2) is 0 Å². The minimum atomic E-state index is -0.0774. The van der Waals surface area contributed by atoms with Crippen molar-refractivity contribution in [1.82, 2.24) is 0 Å². The summed E-state index contributed by atoms with van der Waals surface area (Å²) in [7, 11) is 0. The third-order valence-corrected chi connectivity index (χ3v) is 2.95. The third kappa shape index (κ3) is 8.25. The van der Waals surface area contributed by atoms with E-state index in [-0.39, 0.29) is 5.97 Å². The lowest BCUT2D eigenvalue weighted by molar-refractivity contribution is -0.143. The van der Waals surface area contributed by atoms with E-state index in [0.717, 1.165) is 18.5 Å². The molecule has 0 amide bonds. The lowest BCUT2D eigenvalue weighted by Gasteiger charge is -2.07. The van der Waals surface area contributed by atoms with Gasteiger partial charge in [0.15, 0.2) is 0 Å². The summed E-state index contributed by atoms with van der Waals surface area (Å²) in [4.78, 5) is 11.4. The van der Waals surface area contributed by atoms with E-state index in [4.69, 9.17) is 4.74 Å². The molecular weight excluding hydrogens is 238 g/mol. The lowest BCUT2D eigenvalue weighted by atomic mass is 10.1. The van der Waals surface area contributed by atoms with Crippen LogP contribution in [0.25, 0.3) is 0 Å². The molecule has 3 heteroatoms. The number of hydrogen-bond acceptors (Lipinski definition) is 3.